The van der Waals surface area contributed by atoms with Crippen LogP contribution >= 0.6 is 0 Å². The Morgan fingerprint density at radius 1 is 1.56 bits per heavy atom. The molecule has 2 aliphatic rings. The summed E-state index contributed by atoms with van der Waals surface area (Å²) in [5, 5.41) is 12.6. The van der Waals surface area contributed by atoms with Gasteiger partial charge in [0.25, 0.3) is 0 Å². The molecule has 1 spiro atoms. The Kier molecular flexibility index (Phi) is 3.17. The second-order valence-corrected chi connectivity index (χ2v) is 5.03. The molecule has 0 amide bonds. The van der Waals surface area contributed by atoms with E-state index in [2.05, 4.69) is 12.1 Å². The smallest absolute Gasteiger partial charge is 0.353 e. The van der Waals surface area contributed by atoms with Crippen LogP contribution in [0.3, 0.4) is 0 Å². The van der Waals surface area contributed by atoms with E-state index in [4.69, 9.17) is 9.94 Å². The number of carboxylic acid groups (broad SMARTS) is 1. The predicted octanol–water partition coefficient (Wildman–Crippen LogP) is 2.58. The van der Waals surface area contributed by atoms with Crippen molar-refractivity contribution in [2.24, 2.45) is 11.1 Å². The second kappa shape index (κ2) is 4.44. The maximum absolute atomic E-state index is 10.8. The fourth-order valence-electron chi connectivity index (χ4n) is 2.80. The molecule has 1 N–H and O–H groups in total. The zero-order chi connectivity index (χ0) is 11.6. The highest BCUT2D eigenvalue weighted by atomic mass is 16.7. The molecule has 90 valence electrons. The number of hydrogen-bond acceptors (Lipinski definition) is 3. The summed E-state index contributed by atoms with van der Waals surface area (Å²) < 4.78 is 0. The molecule has 4 heteroatoms. The minimum atomic E-state index is -0.937. The number of nitrogens with zero attached hydrogens (tertiary/aromatic N) is 1. The number of carboxylic acids is 1. The fraction of sp³-hybridized carbons (Fsp3) is 0.833. The molecule has 16 heavy (non-hydrogen) atoms. The van der Waals surface area contributed by atoms with Crippen LogP contribution in [0.2, 0.25) is 0 Å². The molecule has 0 aromatic carbocycles. The van der Waals surface area contributed by atoms with Crippen LogP contribution in [0.5, 0.6) is 0 Å². The van der Waals surface area contributed by atoms with Gasteiger partial charge < -0.3 is 9.94 Å². The Balaban J connectivity index is 1.88. The van der Waals surface area contributed by atoms with Crippen LogP contribution in [0, 0.1) is 5.92 Å². The molecule has 0 unspecified atom stereocenters. The van der Waals surface area contributed by atoms with Crippen molar-refractivity contribution in [1.29, 1.82) is 0 Å². The standard InChI is InChI=1S/C12H19NO3/c1-2-3-9-4-6-12(7-5-9)8-10(11(14)15)13-16-12/h9H,2-8H2,1H3,(H,14,15). The Morgan fingerprint density at radius 3 is 2.75 bits per heavy atom. The summed E-state index contributed by atoms with van der Waals surface area (Å²) in [5.41, 5.74) is -0.0910. The van der Waals surface area contributed by atoms with Crippen molar-refractivity contribution in [1.82, 2.24) is 0 Å². The third-order valence-electron chi connectivity index (χ3n) is 3.80. The zero-order valence-corrected chi connectivity index (χ0v) is 9.74. The first-order valence-corrected chi connectivity index (χ1v) is 6.13. The Hall–Kier alpha value is -1.06. The monoisotopic (exact) mass is 225 g/mol. The molecule has 0 bridgehead atoms. The van der Waals surface area contributed by atoms with E-state index in [1.54, 1.807) is 0 Å². The molecule has 2 rings (SSSR count). The summed E-state index contributed by atoms with van der Waals surface area (Å²) in [6.07, 6.45) is 7.21. The lowest BCUT2D eigenvalue weighted by Gasteiger charge is -2.34. The summed E-state index contributed by atoms with van der Waals surface area (Å²) in [6.45, 7) is 2.21. The minimum absolute atomic E-state index is 0.189. The zero-order valence-electron chi connectivity index (χ0n) is 9.74. The largest absolute Gasteiger partial charge is 0.477 e. The van der Waals surface area contributed by atoms with E-state index in [-0.39, 0.29) is 11.3 Å². The van der Waals surface area contributed by atoms with Crippen LogP contribution in [-0.2, 0) is 9.63 Å². The van der Waals surface area contributed by atoms with Gasteiger partial charge in [0, 0.05) is 6.42 Å². The lowest BCUT2D eigenvalue weighted by atomic mass is 9.75. The first kappa shape index (κ1) is 11.4. The van der Waals surface area contributed by atoms with Gasteiger partial charge in [0.1, 0.15) is 5.60 Å². The van der Waals surface area contributed by atoms with E-state index in [9.17, 15) is 4.79 Å². The second-order valence-electron chi connectivity index (χ2n) is 5.03. The maximum Gasteiger partial charge on any atom is 0.353 e. The summed E-state index contributed by atoms with van der Waals surface area (Å²) in [4.78, 5) is 16.2. The third-order valence-corrected chi connectivity index (χ3v) is 3.80. The summed E-state index contributed by atoms with van der Waals surface area (Å²) >= 11 is 0. The van der Waals surface area contributed by atoms with Gasteiger partial charge in [0.05, 0.1) is 0 Å². The fourth-order valence-corrected chi connectivity index (χ4v) is 2.80. The topological polar surface area (TPSA) is 58.9 Å². The van der Waals surface area contributed by atoms with Crippen molar-refractivity contribution >= 4 is 11.7 Å². The maximum atomic E-state index is 10.8. The first-order valence-electron chi connectivity index (χ1n) is 6.13. The molecule has 1 aliphatic heterocycles. The van der Waals surface area contributed by atoms with E-state index < -0.39 is 5.97 Å². The highest BCUT2D eigenvalue weighted by Gasteiger charge is 2.43. The molecular formula is C12H19NO3. The predicted molar refractivity (Wildman–Crippen MR) is 60.4 cm³/mol. The minimum Gasteiger partial charge on any atom is -0.477 e. The number of carbonyl (C=O) groups is 1. The summed E-state index contributed by atoms with van der Waals surface area (Å²) in [6, 6.07) is 0. The molecule has 0 aromatic rings. The van der Waals surface area contributed by atoms with Crippen molar-refractivity contribution in [2.75, 3.05) is 0 Å². The van der Waals surface area contributed by atoms with Crippen LogP contribution in [0.1, 0.15) is 51.9 Å². The van der Waals surface area contributed by atoms with Crippen molar-refractivity contribution < 1.29 is 14.7 Å². The van der Waals surface area contributed by atoms with Gasteiger partial charge in [-0.3, -0.25) is 0 Å². The normalized spacial score (nSPS) is 33.6. The van der Waals surface area contributed by atoms with Crippen LogP contribution in [0.15, 0.2) is 5.16 Å². The average molecular weight is 225 g/mol. The number of aliphatic carboxylic acids is 1. The van der Waals surface area contributed by atoms with Gasteiger partial charge in [-0.15, -0.1) is 0 Å². The van der Waals surface area contributed by atoms with Gasteiger partial charge in [-0.2, -0.15) is 0 Å². The van der Waals surface area contributed by atoms with Gasteiger partial charge in [-0.1, -0.05) is 24.9 Å². The van der Waals surface area contributed by atoms with Crippen molar-refractivity contribution in [2.45, 2.75) is 57.5 Å². The molecule has 0 atom stereocenters. The Bertz CT molecular complexity index is 303. The lowest BCUT2D eigenvalue weighted by molar-refractivity contribution is -0.129. The van der Waals surface area contributed by atoms with E-state index in [0.717, 1.165) is 31.6 Å². The Morgan fingerprint density at radius 2 is 2.25 bits per heavy atom. The first-order chi connectivity index (χ1) is 7.65. The average Bonchev–Trinajstić information content (AvgIpc) is 2.67. The highest BCUT2D eigenvalue weighted by molar-refractivity contribution is 6.36. The van der Waals surface area contributed by atoms with E-state index in [1.807, 2.05) is 0 Å². The molecule has 1 heterocycles. The van der Waals surface area contributed by atoms with Crippen LogP contribution < -0.4 is 0 Å². The van der Waals surface area contributed by atoms with Gasteiger partial charge >= 0.3 is 5.97 Å². The van der Waals surface area contributed by atoms with Crippen molar-refractivity contribution in [3.8, 4) is 0 Å². The number of rotatable bonds is 3. The summed E-state index contributed by atoms with van der Waals surface area (Å²) in [5.74, 6) is -0.138. The van der Waals surface area contributed by atoms with Gasteiger partial charge in [-0.25, -0.2) is 4.79 Å². The Labute approximate surface area is 95.7 Å². The van der Waals surface area contributed by atoms with Gasteiger partial charge in [0.15, 0.2) is 5.71 Å². The molecule has 1 fully saturated rings. The SMILES string of the molecule is CCCC1CCC2(CC1)CC(C(=O)O)=NO2. The molecule has 1 aliphatic carbocycles. The van der Waals surface area contributed by atoms with Crippen LogP contribution in [0.4, 0.5) is 0 Å². The van der Waals surface area contributed by atoms with Crippen LogP contribution in [0.25, 0.3) is 0 Å². The molecule has 1 saturated carbocycles. The molecule has 0 saturated heterocycles. The molecule has 0 aromatic heterocycles. The highest BCUT2D eigenvalue weighted by Crippen LogP contribution is 2.41. The van der Waals surface area contributed by atoms with Gasteiger partial charge in [-0.05, 0) is 31.6 Å². The molecular weight excluding hydrogens is 206 g/mol. The van der Waals surface area contributed by atoms with E-state index in [0.29, 0.717) is 6.42 Å². The van der Waals surface area contributed by atoms with E-state index >= 15 is 0 Å². The lowest BCUT2D eigenvalue weighted by Crippen LogP contribution is -2.35. The van der Waals surface area contributed by atoms with Crippen molar-refractivity contribution in [3.63, 3.8) is 0 Å². The number of oxime groups is 1. The number of hydrogen-bond donors (Lipinski definition) is 1. The quantitative estimate of drug-likeness (QED) is 0.803. The van der Waals surface area contributed by atoms with E-state index in [1.165, 1.54) is 12.8 Å². The van der Waals surface area contributed by atoms with Gasteiger partial charge in [0.2, 0.25) is 0 Å². The molecule has 0 radical (unpaired) electrons. The van der Waals surface area contributed by atoms with Crippen molar-refractivity contribution in [3.05, 3.63) is 0 Å². The van der Waals surface area contributed by atoms with Crippen LogP contribution in [-0.4, -0.2) is 22.4 Å². The summed E-state index contributed by atoms with van der Waals surface area (Å²) in [7, 11) is 0. The molecule has 4 nitrogen and oxygen atoms in total. The third kappa shape index (κ3) is 2.20.